The zero-order valence-corrected chi connectivity index (χ0v) is 14.6. The molecule has 1 fully saturated rings. The number of carbonyl (C=O) groups is 1. The number of fused-ring (bicyclic) bond motifs is 1. The number of likely N-dealkylation sites (tertiary alicyclic amines) is 1. The van der Waals surface area contributed by atoms with Gasteiger partial charge >= 0.3 is 0 Å². The molecule has 1 aromatic rings. The summed E-state index contributed by atoms with van der Waals surface area (Å²) in [6, 6.07) is 6.83. The number of nitrogens with zero attached hydrogens (tertiary/aromatic N) is 3. The van der Waals surface area contributed by atoms with E-state index in [9.17, 15) is 13.2 Å². The standard InChI is InChI=1S/C15H19N3O3S2/c1-2-18-12-7-3-4-8-13(12)23(20,21)16-15(18)22-11-14(19)17-9-5-6-10-17/h3-4,7-8H,2,5-6,9-11H2,1H3. The SMILES string of the molecule is CCN1C(SCC(=O)N2CCCC2)=NS(=O)(=O)c2ccccc21. The quantitative estimate of drug-likeness (QED) is 0.830. The number of amidine groups is 1. The molecule has 0 unspecified atom stereocenters. The smallest absolute Gasteiger partial charge is 0.286 e. The number of thioether (sulfide) groups is 1. The molecule has 2 aliphatic heterocycles. The number of anilines is 1. The van der Waals surface area contributed by atoms with E-state index >= 15 is 0 Å². The maximum absolute atomic E-state index is 12.3. The van der Waals surface area contributed by atoms with Crippen LogP contribution < -0.4 is 4.90 Å². The van der Waals surface area contributed by atoms with Crippen LogP contribution in [0.5, 0.6) is 0 Å². The van der Waals surface area contributed by atoms with E-state index in [1.807, 2.05) is 16.7 Å². The molecule has 0 aliphatic carbocycles. The molecule has 124 valence electrons. The Kier molecular flexibility index (Phi) is 4.63. The van der Waals surface area contributed by atoms with E-state index in [1.165, 1.54) is 11.8 Å². The van der Waals surface area contributed by atoms with Gasteiger partial charge in [-0.15, -0.1) is 4.40 Å². The summed E-state index contributed by atoms with van der Waals surface area (Å²) in [4.78, 5) is 16.1. The van der Waals surface area contributed by atoms with E-state index in [1.54, 1.807) is 24.3 Å². The Bertz CT molecular complexity index is 740. The molecule has 0 aromatic heterocycles. The summed E-state index contributed by atoms with van der Waals surface area (Å²) in [7, 11) is -3.70. The Labute approximate surface area is 140 Å². The first kappa shape index (κ1) is 16.3. The molecule has 0 radical (unpaired) electrons. The molecule has 3 rings (SSSR count). The number of sulfonamides is 1. The minimum Gasteiger partial charge on any atom is -0.342 e. The van der Waals surface area contributed by atoms with Crippen LogP contribution in [-0.4, -0.2) is 49.8 Å². The maximum Gasteiger partial charge on any atom is 0.286 e. The van der Waals surface area contributed by atoms with Gasteiger partial charge in [-0.1, -0.05) is 23.9 Å². The van der Waals surface area contributed by atoms with Crippen LogP contribution in [0.4, 0.5) is 5.69 Å². The monoisotopic (exact) mass is 353 g/mol. The van der Waals surface area contributed by atoms with Crippen molar-refractivity contribution >= 4 is 38.5 Å². The predicted molar refractivity (Wildman–Crippen MR) is 92.4 cm³/mol. The number of hydrogen-bond acceptors (Lipinski definition) is 5. The summed E-state index contributed by atoms with van der Waals surface area (Å²) in [5, 5.41) is 0.374. The first-order valence-corrected chi connectivity index (χ1v) is 10.1. The van der Waals surface area contributed by atoms with Crippen molar-refractivity contribution in [1.82, 2.24) is 4.90 Å². The fourth-order valence-electron chi connectivity index (χ4n) is 2.80. The Morgan fingerprint density at radius 1 is 1.26 bits per heavy atom. The van der Waals surface area contributed by atoms with Crippen LogP contribution in [0.25, 0.3) is 0 Å². The third-order valence-corrected chi connectivity index (χ3v) is 6.35. The molecule has 23 heavy (non-hydrogen) atoms. The lowest BCUT2D eigenvalue weighted by atomic mass is 10.3. The van der Waals surface area contributed by atoms with Crippen LogP contribution in [0.2, 0.25) is 0 Å². The van der Waals surface area contributed by atoms with Gasteiger partial charge < -0.3 is 9.80 Å². The van der Waals surface area contributed by atoms with Crippen molar-refractivity contribution in [2.75, 3.05) is 30.3 Å². The molecule has 1 saturated heterocycles. The van der Waals surface area contributed by atoms with Gasteiger partial charge in [-0.3, -0.25) is 4.79 Å². The second-order valence-corrected chi connectivity index (χ2v) is 7.95. The summed E-state index contributed by atoms with van der Waals surface area (Å²) in [5.74, 6) is 0.259. The Morgan fingerprint density at radius 2 is 1.96 bits per heavy atom. The molecule has 8 heteroatoms. The van der Waals surface area contributed by atoms with Gasteiger partial charge in [0.05, 0.1) is 11.4 Å². The fourth-order valence-corrected chi connectivity index (χ4v) is 5.22. The summed E-state index contributed by atoms with van der Waals surface area (Å²) < 4.78 is 28.6. The number of para-hydroxylation sites is 1. The van der Waals surface area contributed by atoms with Crippen molar-refractivity contribution in [2.45, 2.75) is 24.7 Å². The van der Waals surface area contributed by atoms with Crippen molar-refractivity contribution < 1.29 is 13.2 Å². The van der Waals surface area contributed by atoms with Crippen LogP contribution in [-0.2, 0) is 14.8 Å². The van der Waals surface area contributed by atoms with Crippen molar-refractivity contribution in [3.05, 3.63) is 24.3 Å². The lowest BCUT2D eigenvalue weighted by Gasteiger charge is -2.29. The molecule has 2 heterocycles. The topological polar surface area (TPSA) is 70.1 Å². The highest BCUT2D eigenvalue weighted by Gasteiger charge is 2.30. The van der Waals surface area contributed by atoms with E-state index in [0.717, 1.165) is 25.9 Å². The zero-order valence-electron chi connectivity index (χ0n) is 12.9. The molecule has 0 N–H and O–H groups in total. The van der Waals surface area contributed by atoms with Gasteiger partial charge in [0.25, 0.3) is 10.0 Å². The molecule has 0 bridgehead atoms. The highest BCUT2D eigenvalue weighted by Crippen LogP contribution is 2.33. The number of hydrogen-bond donors (Lipinski definition) is 0. The van der Waals surface area contributed by atoms with Gasteiger partial charge in [-0.25, -0.2) is 0 Å². The van der Waals surface area contributed by atoms with Crippen LogP contribution in [0.15, 0.2) is 33.6 Å². The number of rotatable bonds is 3. The summed E-state index contributed by atoms with van der Waals surface area (Å²) in [5.41, 5.74) is 0.626. The van der Waals surface area contributed by atoms with E-state index < -0.39 is 10.0 Å². The molecule has 0 atom stereocenters. The third-order valence-electron chi connectivity index (χ3n) is 3.96. The van der Waals surface area contributed by atoms with Crippen molar-refractivity contribution in [3.8, 4) is 0 Å². The van der Waals surface area contributed by atoms with Gasteiger partial charge in [0.2, 0.25) is 5.91 Å². The molecular weight excluding hydrogens is 334 g/mol. The van der Waals surface area contributed by atoms with Crippen molar-refractivity contribution in [2.24, 2.45) is 4.40 Å². The largest absolute Gasteiger partial charge is 0.342 e. The minimum absolute atomic E-state index is 0.0440. The van der Waals surface area contributed by atoms with E-state index in [0.29, 0.717) is 17.4 Å². The lowest BCUT2D eigenvalue weighted by Crippen LogP contribution is -2.35. The highest BCUT2D eigenvalue weighted by molar-refractivity contribution is 8.15. The normalized spacial score (nSPS) is 19.4. The highest BCUT2D eigenvalue weighted by atomic mass is 32.2. The second kappa shape index (κ2) is 6.52. The van der Waals surface area contributed by atoms with E-state index in [-0.39, 0.29) is 16.6 Å². The van der Waals surface area contributed by atoms with Crippen LogP contribution in [0.1, 0.15) is 19.8 Å². The summed E-state index contributed by atoms with van der Waals surface area (Å²) >= 11 is 1.20. The Morgan fingerprint density at radius 3 is 2.65 bits per heavy atom. The summed E-state index contributed by atoms with van der Waals surface area (Å²) in [6.07, 6.45) is 2.08. The third kappa shape index (κ3) is 3.23. The van der Waals surface area contributed by atoms with Gasteiger partial charge in [0.15, 0.2) is 5.17 Å². The van der Waals surface area contributed by atoms with Gasteiger partial charge in [0.1, 0.15) is 4.90 Å². The van der Waals surface area contributed by atoms with Gasteiger partial charge in [-0.05, 0) is 31.9 Å². The van der Waals surface area contributed by atoms with Crippen LogP contribution >= 0.6 is 11.8 Å². The molecular formula is C15H19N3O3S2. The average molecular weight is 353 g/mol. The molecule has 2 aliphatic rings. The number of benzene rings is 1. The average Bonchev–Trinajstić information content (AvgIpc) is 3.07. The first-order valence-electron chi connectivity index (χ1n) is 7.65. The van der Waals surface area contributed by atoms with Gasteiger partial charge in [-0.2, -0.15) is 8.42 Å². The maximum atomic E-state index is 12.3. The van der Waals surface area contributed by atoms with E-state index in [2.05, 4.69) is 4.40 Å². The van der Waals surface area contributed by atoms with E-state index in [4.69, 9.17) is 0 Å². The van der Waals surface area contributed by atoms with Crippen LogP contribution in [0.3, 0.4) is 0 Å². The molecule has 1 amide bonds. The second-order valence-electron chi connectivity index (χ2n) is 5.44. The van der Waals surface area contributed by atoms with Crippen LogP contribution in [0, 0.1) is 0 Å². The molecule has 0 spiro atoms. The lowest BCUT2D eigenvalue weighted by molar-refractivity contribution is -0.127. The van der Waals surface area contributed by atoms with Crippen molar-refractivity contribution in [1.29, 1.82) is 0 Å². The minimum atomic E-state index is -3.70. The number of amides is 1. The predicted octanol–water partition coefficient (Wildman–Crippen LogP) is 1.93. The zero-order chi connectivity index (χ0) is 16.4. The molecule has 1 aromatic carbocycles. The Hall–Kier alpha value is -1.54. The number of carbonyl (C=O) groups excluding carboxylic acids is 1. The fraction of sp³-hybridized carbons (Fsp3) is 0.467. The Balaban J connectivity index is 1.81. The summed E-state index contributed by atoms with van der Waals surface area (Å²) in [6.45, 7) is 4.12. The molecule has 6 nitrogen and oxygen atoms in total. The molecule has 0 saturated carbocycles. The first-order chi connectivity index (χ1) is 11.0. The van der Waals surface area contributed by atoms with Crippen molar-refractivity contribution in [3.63, 3.8) is 0 Å². The van der Waals surface area contributed by atoms with Gasteiger partial charge in [0, 0.05) is 19.6 Å².